The van der Waals surface area contributed by atoms with Gasteiger partial charge in [0.2, 0.25) is 0 Å². The highest BCUT2D eigenvalue weighted by Gasteiger charge is 2.33. The molecule has 4 rings (SSSR count). The molecule has 1 aliphatic carbocycles. The van der Waals surface area contributed by atoms with Crippen molar-refractivity contribution < 1.29 is 28.9 Å². The highest BCUT2D eigenvalue weighted by atomic mass is 35.5. The normalized spacial score (nSPS) is 15.6. The summed E-state index contributed by atoms with van der Waals surface area (Å²) in [6, 6.07) is 19.5. The zero-order chi connectivity index (χ0) is 28.2. The van der Waals surface area contributed by atoms with Gasteiger partial charge in [0.25, 0.3) is 0 Å². The summed E-state index contributed by atoms with van der Waals surface area (Å²) in [6.07, 6.45) is 0.690. The van der Waals surface area contributed by atoms with Gasteiger partial charge in [-0.2, -0.15) is 0 Å². The standard InChI is InChI=1S/C31H34ClNO6/c1-31(2,3)39-30(36)33(19-28(34)21-7-5-9-24(32)15-21)25-13-11-20-12-14-27(18-23(20)16-25)38-26-10-6-8-22(17-26)29(35)37-4/h5-10,12,14-15,17-18,25,28,34H,11,13,16,19H2,1-4H3/t25-,28+/m0/s1. The van der Waals surface area contributed by atoms with Gasteiger partial charge in [-0.1, -0.05) is 35.9 Å². The minimum absolute atomic E-state index is 0.0752. The number of benzene rings is 3. The van der Waals surface area contributed by atoms with Crippen molar-refractivity contribution in [3.63, 3.8) is 0 Å². The molecule has 0 saturated carbocycles. The second kappa shape index (κ2) is 12.1. The monoisotopic (exact) mass is 551 g/mol. The molecule has 0 unspecified atom stereocenters. The molecule has 3 aromatic rings. The molecule has 8 heteroatoms. The van der Waals surface area contributed by atoms with Gasteiger partial charge in [-0.3, -0.25) is 0 Å². The fourth-order valence-electron chi connectivity index (χ4n) is 4.68. The number of esters is 1. The molecule has 206 valence electrons. The van der Waals surface area contributed by atoms with Crippen LogP contribution in [-0.2, 0) is 22.3 Å². The van der Waals surface area contributed by atoms with Gasteiger partial charge in [0.05, 0.1) is 25.3 Å². The molecule has 0 saturated heterocycles. The molecule has 0 aromatic heterocycles. The number of aliphatic hydroxyl groups excluding tert-OH is 1. The fourth-order valence-corrected chi connectivity index (χ4v) is 4.88. The van der Waals surface area contributed by atoms with Crippen LogP contribution in [0.15, 0.2) is 66.7 Å². The van der Waals surface area contributed by atoms with Crippen LogP contribution < -0.4 is 4.74 Å². The van der Waals surface area contributed by atoms with Crippen molar-refractivity contribution in [1.82, 2.24) is 4.90 Å². The van der Waals surface area contributed by atoms with Gasteiger partial charge in [0, 0.05) is 11.1 Å². The molecule has 0 aliphatic heterocycles. The van der Waals surface area contributed by atoms with Crippen molar-refractivity contribution >= 4 is 23.7 Å². The van der Waals surface area contributed by atoms with Gasteiger partial charge in [-0.25, -0.2) is 9.59 Å². The maximum absolute atomic E-state index is 13.3. The molecule has 0 fully saturated rings. The quantitative estimate of drug-likeness (QED) is 0.327. The van der Waals surface area contributed by atoms with E-state index in [1.165, 1.54) is 12.7 Å². The minimum atomic E-state index is -0.922. The Morgan fingerprint density at radius 1 is 1.03 bits per heavy atom. The third kappa shape index (κ3) is 7.52. The molecule has 0 bridgehead atoms. The van der Waals surface area contributed by atoms with Crippen LogP contribution in [0.4, 0.5) is 4.79 Å². The van der Waals surface area contributed by atoms with Crippen LogP contribution in [0, 0.1) is 0 Å². The number of nitrogens with zero attached hydrogens (tertiary/aromatic N) is 1. The van der Waals surface area contributed by atoms with Crippen molar-refractivity contribution in [3.8, 4) is 11.5 Å². The first-order valence-corrected chi connectivity index (χ1v) is 13.3. The molecule has 7 nitrogen and oxygen atoms in total. The summed E-state index contributed by atoms with van der Waals surface area (Å²) in [7, 11) is 1.34. The summed E-state index contributed by atoms with van der Waals surface area (Å²) >= 11 is 6.13. The minimum Gasteiger partial charge on any atom is -0.465 e. The predicted octanol–water partition coefficient (Wildman–Crippen LogP) is 6.75. The highest BCUT2D eigenvalue weighted by Crippen LogP contribution is 2.32. The number of hydrogen-bond acceptors (Lipinski definition) is 6. The average Bonchev–Trinajstić information content (AvgIpc) is 2.90. The van der Waals surface area contributed by atoms with Crippen LogP contribution in [0.25, 0.3) is 0 Å². The molecule has 1 N–H and O–H groups in total. The number of hydrogen-bond donors (Lipinski definition) is 1. The first-order chi connectivity index (χ1) is 18.5. The molecule has 1 aliphatic rings. The lowest BCUT2D eigenvalue weighted by Gasteiger charge is -2.37. The first kappa shape index (κ1) is 28.5. The van der Waals surface area contributed by atoms with Crippen molar-refractivity contribution in [1.29, 1.82) is 0 Å². The molecule has 0 heterocycles. The second-order valence-corrected chi connectivity index (χ2v) is 11.1. The van der Waals surface area contributed by atoms with Crippen molar-refractivity contribution in [3.05, 3.63) is 94.0 Å². The van der Waals surface area contributed by atoms with Crippen LogP contribution in [0.3, 0.4) is 0 Å². The third-order valence-electron chi connectivity index (χ3n) is 6.54. The summed E-state index contributed by atoms with van der Waals surface area (Å²) in [6.45, 7) is 5.55. The lowest BCUT2D eigenvalue weighted by molar-refractivity contribution is 0.00194. The van der Waals surface area contributed by atoms with E-state index in [0.29, 0.717) is 34.1 Å². The zero-order valence-corrected chi connectivity index (χ0v) is 23.4. The number of ether oxygens (including phenoxy) is 3. The molecule has 1 amide bonds. The van der Waals surface area contributed by atoms with Gasteiger partial charge in [-0.15, -0.1) is 0 Å². The number of amides is 1. The third-order valence-corrected chi connectivity index (χ3v) is 6.78. The highest BCUT2D eigenvalue weighted by molar-refractivity contribution is 6.30. The Morgan fingerprint density at radius 3 is 2.49 bits per heavy atom. The first-order valence-electron chi connectivity index (χ1n) is 12.9. The molecule has 0 spiro atoms. The number of carbonyl (C=O) groups is 2. The van der Waals surface area contributed by atoms with Crippen LogP contribution in [-0.4, -0.2) is 47.4 Å². The number of aryl methyl sites for hydroxylation is 1. The Balaban J connectivity index is 1.55. The fraction of sp³-hybridized carbons (Fsp3) is 0.355. The number of aliphatic hydroxyl groups is 1. The number of halogens is 1. The van der Waals surface area contributed by atoms with E-state index in [-0.39, 0.29) is 12.6 Å². The van der Waals surface area contributed by atoms with Gasteiger partial charge in [-0.05, 0) is 99.2 Å². The predicted molar refractivity (Wildman–Crippen MR) is 149 cm³/mol. The van der Waals surface area contributed by atoms with E-state index < -0.39 is 23.8 Å². The van der Waals surface area contributed by atoms with Crippen molar-refractivity contribution in [2.24, 2.45) is 0 Å². The SMILES string of the molecule is COC(=O)c1cccc(Oc2ccc3c(c2)C[C@@H](N(C[C@@H](O)c2cccc(Cl)c2)C(=O)OC(C)(C)C)CC3)c1. The summed E-state index contributed by atoms with van der Waals surface area (Å²) < 4.78 is 16.6. The lowest BCUT2D eigenvalue weighted by Crippen LogP contribution is -2.47. The molecular weight excluding hydrogens is 518 g/mol. The number of carbonyl (C=O) groups excluding carboxylic acids is 2. The van der Waals surface area contributed by atoms with E-state index in [9.17, 15) is 14.7 Å². The summed E-state index contributed by atoms with van der Waals surface area (Å²) in [5.41, 5.74) is 2.60. The molecule has 2 atom stereocenters. The Hall–Kier alpha value is -3.55. The topological polar surface area (TPSA) is 85.3 Å². The zero-order valence-electron chi connectivity index (χ0n) is 22.6. The molecule has 3 aromatic carbocycles. The van der Waals surface area contributed by atoms with E-state index in [1.807, 2.05) is 39.0 Å². The molecular formula is C31H34ClNO6. The summed E-state index contributed by atoms with van der Waals surface area (Å²) in [5.74, 6) is 0.709. The van der Waals surface area contributed by atoms with E-state index in [2.05, 4.69) is 0 Å². The molecule has 0 radical (unpaired) electrons. The second-order valence-electron chi connectivity index (χ2n) is 10.7. The number of rotatable bonds is 7. The largest absolute Gasteiger partial charge is 0.465 e. The Labute approximate surface area is 234 Å². The van der Waals surface area contributed by atoms with E-state index >= 15 is 0 Å². The maximum atomic E-state index is 13.3. The van der Waals surface area contributed by atoms with Gasteiger partial charge in [0.1, 0.15) is 17.1 Å². The molecule has 39 heavy (non-hydrogen) atoms. The smallest absolute Gasteiger partial charge is 0.410 e. The van der Waals surface area contributed by atoms with E-state index in [0.717, 1.165) is 18.4 Å². The Bertz CT molecular complexity index is 1330. The van der Waals surface area contributed by atoms with Crippen LogP contribution in [0.5, 0.6) is 11.5 Å². The lowest BCUT2D eigenvalue weighted by atomic mass is 9.87. The number of methoxy groups -OCH3 is 1. The van der Waals surface area contributed by atoms with Crippen LogP contribution in [0.1, 0.15) is 60.3 Å². The van der Waals surface area contributed by atoms with Crippen molar-refractivity contribution in [2.75, 3.05) is 13.7 Å². The Kier molecular flexibility index (Phi) is 8.83. The van der Waals surface area contributed by atoms with Crippen LogP contribution >= 0.6 is 11.6 Å². The number of fused-ring (bicyclic) bond motifs is 1. The maximum Gasteiger partial charge on any atom is 0.410 e. The van der Waals surface area contributed by atoms with Crippen molar-refractivity contribution in [2.45, 2.75) is 57.8 Å². The van der Waals surface area contributed by atoms with Crippen LogP contribution in [0.2, 0.25) is 5.02 Å². The average molecular weight is 552 g/mol. The summed E-state index contributed by atoms with van der Waals surface area (Å²) in [5, 5.41) is 11.5. The van der Waals surface area contributed by atoms with Gasteiger partial charge >= 0.3 is 12.1 Å². The van der Waals surface area contributed by atoms with Gasteiger partial charge in [0.15, 0.2) is 0 Å². The van der Waals surface area contributed by atoms with Gasteiger partial charge < -0.3 is 24.2 Å². The Morgan fingerprint density at radius 2 is 1.77 bits per heavy atom. The van der Waals surface area contributed by atoms with E-state index in [1.54, 1.807) is 53.4 Å². The summed E-state index contributed by atoms with van der Waals surface area (Å²) in [4.78, 5) is 26.9. The van der Waals surface area contributed by atoms with E-state index in [4.69, 9.17) is 25.8 Å².